The molecule has 25 heavy (non-hydrogen) atoms. The Balaban J connectivity index is 1.55. The fraction of sp³-hybridized carbons (Fsp3) is 0.600. The highest BCUT2D eigenvalue weighted by molar-refractivity contribution is 5.81. The number of carbonyl (C=O) groups is 2. The first-order valence-corrected chi connectivity index (χ1v) is 9.31. The maximum Gasteiger partial charge on any atom is 0.263 e. The van der Waals surface area contributed by atoms with Gasteiger partial charge in [-0.05, 0) is 50.7 Å². The molecule has 1 aromatic carbocycles. The molecule has 136 valence electrons. The molecule has 2 fully saturated rings. The quantitative estimate of drug-likeness (QED) is 0.844. The van der Waals surface area contributed by atoms with Crippen LogP contribution >= 0.6 is 0 Å². The second-order valence-corrected chi connectivity index (χ2v) is 7.31. The van der Waals surface area contributed by atoms with E-state index in [0.29, 0.717) is 6.42 Å². The highest BCUT2D eigenvalue weighted by atomic mass is 16.5. The molecule has 1 aromatic rings. The summed E-state index contributed by atoms with van der Waals surface area (Å²) in [5.74, 6) is 1.05. The standard InChI is InChI=1S/C20H28N2O3/c1-3-21-15-20(10-9-18(21)23)11-13-22(14-12-20)19(24)16(2)25-17-7-5-4-6-8-17/h4-8,16H,3,9-15H2,1-2H3/t16-/m1/s1. The summed E-state index contributed by atoms with van der Waals surface area (Å²) in [5, 5.41) is 0. The van der Waals surface area contributed by atoms with E-state index in [9.17, 15) is 9.59 Å². The Morgan fingerprint density at radius 3 is 2.52 bits per heavy atom. The lowest BCUT2D eigenvalue weighted by Gasteiger charge is -2.47. The van der Waals surface area contributed by atoms with Gasteiger partial charge in [-0.1, -0.05) is 18.2 Å². The van der Waals surface area contributed by atoms with Gasteiger partial charge in [-0.3, -0.25) is 9.59 Å². The molecule has 2 amide bonds. The molecule has 5 heteroatoms. The lowest BCUT2D eigenvalue weighted by molar-refractivity contribution is -0.145. The van der Waals surface area contributed by atoms with Crippen LogP contribution in [0.2, 0.25) is 0 Å². The van der Waals surface area contributed by atoms with Crippen LogP contribution in [-0.4, -0.2) is 53.9 Å². The van der Waals surface area contributed by atoms with Crippen LogP contribution in [0.5, 0.6) is 5.75 Å². The smallest absolute Gasteiger partial charge is 0.263 e. The molecule has 5 nitrogen and oxygen atoms in total. The molecular formula is C20H28N2O3. The molecule has 2 aliphatic heterocycles. The topological polar surface area (TPSA) is 49.9 Å². The van der Waals surface area contributed by atoms with E-state index in [1.54, 1.807) is 0 Å². The van der Waals surface area contributed by atoms with E-state index in [2.05, 4.69) is 0 Å². The maximum absolute atomic E-state index is 12.7. The zero-order valence-corrected chi connectivity index (χ0v) is 15.2. The summed E-state index contributed by atoms with van der Waals surface area (Å²) in [4.78, 5) is 28.5. The summed E-state index contributed by atoms with van der Waals surface area (Å²) in [6.07, 6.45) is 3.08. The molecule has 2 aliphatic rings. The Bertz CT molecular complexity index is 609. The Hall–Kier alpha value is -2.04. The van der Waals surface area contributed by atoms with Crippen LogP contribution in [0.3, 0.4) is 0 Å². The normalized spacial score (nSPS) is 21.3. The molecule has 2 saturated heterocycles. The zero-order chi connectivity index (χ0) is 17.9. The van der Waals surface area contributed by atoms with Crippen LogP contribution in [-0.2, 0) is 9.59 Å². The Labute approximate surface area is 149 Å². The molecule has 0 aromatic heterocycles. The fourth-order valence-electron chi connectivity index (χ4n) is 4.01. The van der Waals surface area contributed by atoms with E-state index in [-0.39, 0.29) is 17.2 Å². The van der Waals surface area contributed by atoms with Crippen molar-refractivity contribution in [2.75, 3.05) is 26.2 Å². The van der Waals surface area contributed by atoms with Crippen molar-refractivity contribution in [3.05, 3.63) is 30.3 Å². The van der Waals surface area contributed by atoms with Crippen molar-refractivity contribution in [1.29, 1.82) is 0 Å². The van der Waals surface area contributed by atoms with Gasteiger partial charge in [0, 0.05) is 32.6 Å². The van der Waals surface area contributed by atoms with Gasteiger partial charge in [-0.2, -0.15) is 0 Å². The summed E-state index contributed by atoms with van der Waals surface area (Å²) in [7, 11) is 0. The summed E-state index contributed by atoms with van der Waals surface area (Å²) in [6.45, 7) is 7.00. The second kappa shape index (κ2) is 7.46. The fourth-order valence-corrected chi connectivity index (χ4v) is 4.01. The molecule has 0 aliphatic carbocycles. The van der Waals surface area contributed by atoms with Crippen LogP contribution < -0.4 is 4.74 Å². The molecule has 0 bridgehead atoms. The van der Waals surface area contributed by atoms with Crippen LogP contribution in [0, 0.1) is 5.41 Å². The van der Waals surface area contributed by atoms with Crippen molar-refractivity contribution < 1.29 is 14.3 Å². The predicted octanol–water partition coefficient (Wildman–Crippen LogP) is 2.71. The number of piperidine rings is 2. The summed E-state index contributed by atoms with van der Waals surface area (Å²) in [5.41, 5.74) is 0.199. The monoisotopic (exact) mass is 344 g/mol. The molecule has 0 saturated carbocycles. The lowest BCUT2D eigenvalue weighted by Crippen LogP contribution is -2.53. The number of carbonyl (C=O) groups excluding carboxylic acids is 2. The van der Waals surface area contributed by atoms with Gasteiger partial charge in [-0.15, -0.1) is 0 Å². The van der Waals surface area contributed by atoms with Crippen molar-refractivity contribution >= 4 is 11.8 Å². The number of nitrogens with zero attached hydrogens (tertiary/aromatic N) is 2. The number of amides is 2. The third-order valence-electron chi connectivity index (χ3n) is 5.67. The minimum absolute atomic E-state index is 0.0536. The van der Waals surface area contributed by atoms with Gasteiger partial charge >= 0.3 is 0 Å². The summed E-state index contributed by atoms with van der Waals surface area (Å²) >= 11 is 0. The maximum atomic E-state index is 12.7. The molecule has 0 N–H and O–H groups in total. The van der Waals surface area contributed by atoms with Gasteiger partial charge in [0.25, 0.3) is 5.91 Å². The first-order valence-electron chi connectivity index (χ1n) is 9.31. The number of rotatable bonds is 4. The van der Waals surface area contributed by atoms with Crippen LogP contribution in [0.25, 0.3) is 0 Å². The first kappa shape index (κ1) is 17.8. The van der Waals surface area contributed by atoms with E-state index >= 15 is 0 Å². The van der Waals surface area contributed by atoms with Crippen molar-refractivity contribution in [3.8, 4) is 5.75 Å². The van der Waals surface area contributed by atoms with E-state index in [4.69, 9.17) is 4.74 Å². The minimum Gasteiger partial charge on any atom is -0.481 e. The average molecular weight is 344 g/mol. The Kier molecular flexibility index (Phi) is 5.30. The van der Waals surface area contributed by atoms with Crippen LogP contribution in [0.15, 0.2) is 30.3 Å². The molecule has 1 spiro atoms. The van der Waals surface area contributed by atoms with Gasteiger partial charge in [0.2, 0.25) is 5.91 Å². The van der Waals surface area contributed by atoms with E-state index < -0.39 is 6.10 Å². The predicted molar refractivity (Wildman–Crippen MR) is 96.3 cm³/mol. The second-order valence-electron chi connectivity index (χ2n) is 7.31. The zero-order valence-electron chi connectivity index (χ0n) is 15.2. The molecule has 2 heterocycles. The molecular weight excluding hydrogens is 316 g/mol. The van der Waals surface area contributed by atoms with Crippen molar-refractivity contribution in [2.24, 2.45) is 5.41 Å². The van der Waals surface area contributed by atoms with Crippen LogP contribution in [0.4, 0.5) is 0 Å². The third-order valence-corrected chi connectivity index (χ3v) is 5.67. The largest absolute Gasteiger partial charge is 0.481 e. The number of benzene rings is 1. The van der Waals surface area contributed by atoms with Gasteiger partial charge in [-0.25, -0.2) is 0 Å². The number of likely N-dealkylation sites (tertiary alicyclic amines) is 2. The Morgan fingerprint density at radius 2 is 1.88 bits per heavy atom. The molecule has 0 unspecified atom stereocenters. The third kappa shape index (κ3) is 3.97. The number of hydrogen-bond donors (Lipinski definition) is 0. The van der Waals surface area contributed by atoms with Gasteiger partial charge in [0.15, 0.2) is 6.10 Å². The highest BCUT2D eigenvalue weighted by Crippen LogP contribution is 2.40. The van der Waals surface area contributed by atoms with Crippen LogP contribution in [0.1, 0.15) is 39.5 Å². The van der Waals surface area contributed by atoms with E-state index in [1.165, 1.54) is 0 Å². The van der Waals surface area contributed by atoms with Gasteiger partial charge in [0.1, 0.15) is 5.75 Å². The van der Waals surface area contributed by atoms with E-state index in [1.807, 2.05) is 54.0 Å². The summed E-state index contributed by atoms with van der Waals surface area (Å²) in [6, 6.07) is 9.47. The van der Waals surface area contributed by atoms with Crippen molar-refractivity contribution in [1.82, 2.24) is 9.80 Å². The van der Waals surface area contributed by atoms with Crippen molar-refractivity contribution in [3.63, 3.8) is 0 Å². The van der Waals surface area contributed by atoms with Gasteiger partial charge < -0.3 is 14.5 Å². The molecule has 1 atom stereocenters. The minimum atomic E-state index is -0.475. The summed E-state index contributed by atoms with van der Waals surface area (Å²) < 4.78 is 5.77. The van der Waals surface area contributed by atoms with Gasteiger partial charge in [0.05, 0.1) is 0 Å². The average Bonchev–Trinajstić information content (AvgIpc) is 2.65. The highest BCUT2D eigenvalue weighted by Gasteiger charge is 2.41. The van der Waals surface area contributed by atoms with Crippen molar-refractivity contribution in [2.45, 2.75) is 45.6 Å². The SMILES string of the molecule is CCN1CC2(CCC1=O)CCN(C(=O)[C@@H](C)Oc1ccccc1)CC2. The molecule has 3 rings (SSSR count). The number of ether oxygens (including phenoxy) is 1. The first-order chi connectivity index (χ1) is 12.0. The van der Waals surface area contributed by atoms with E-state index in [0.717, 1.165) is 51.2 Å². The number of para-hydroxylation sites is 1. The number of hydrogen-bond acceptors (Lipinski definition) is 3. The Morgan fingerprint density at radius 1 is 1.20 bits per heavy atom. The lowest BCUT2D eigenvalue weighted by atomic mass is 9.72. The molecule has 0 radical (unpaired) electrons.